The zero-order valence-corrected chi connectivity index (χ0v) is 29.1. The van der Waals surface area contributed by atoms with Crippen molar-refractivity contribution in [1.82, 2.24) is 14.5 Å². The summed E-state index contributed by atoms with van der Waals surface area (Å²) in [6.45, 7) is 0. The lowest BCUT2D eigenvalue weighted by atomic mass is 9.98. The van der Waals surface area contributed by atoms with Crippen molar-refractivity contribution in [3.63, 3.8) is 0 Å². The van der Waals surface area contributed by atoms with E-state index in [2.05, 4.69) is 174 Å². The zero-order chi connectivity index (χ0) is 35.6. The van der Waals surface area contributed by atoms with Gasteiger partial charge in [-0.1, -0.05) is 121 Å². The van der Waals surface area contributed by atoms with Crippen LogP contribution in [0.5, 0.6) is 0 Å². The second-order valence-electron chi connectivity index (χ2n) is 13.8. The fourth-order valence-corrected chi connectivity index (χ4v) is 8.00. The maximum atomic E-state index is 6.10. The van der Waals surface area contributed by atoms with Gasteiger partial charge in [0.05, 0.1) is 22.2 Å². The van der Waals surface area contributed by atoms with Crippen LogP contribution in [0.2, 0.25) is 0 Å². The Bertz CT molecular complexity index is 3210. The minimum Gasteiger partial charge on any atom is -0.456 e. The highest BCUT2D eigenvalue weighted by atomic mass is 16.3. The topological polar surface area (TPSA) is 43.9 Å². The van der Waals surface area contributed by atoms with E-state index >= 15 is 0 Å². The molecule has 4 heteroatoms. The van der Waals surface area contributed by atoms with Crippen LogP contribution in [0, 0.1) is 0 Å². The summed E-state index contributed by atoms with van der Waals surface area (Å²) in [5.41, 5.74) is 13.7. The molecule has 11 rings (SSSR count). The summed E-state index contributed by atoms with van der Waals surface area (Å²) in [6.07, 6.45) is 0. The van der Waals surface area contributed by atoms with Crippen LogP contribution < -0.4 is 0 Å². The molecule has 3 heterocycles. The van der Waals surface area contributed by atoms with Crippen molar-refractivity contribution in [2.45, 2.75) is 0 Å². The first-order valence-electron chi connectivity index (χ1n) is 18.2. The molecule has 54 heavy (non-hydrogen) atoms. The Hall–Kier alpha value is -7.30. The van der Waals surface area contributed by atoms with Crippen molar-refractivity contribution in [3.8, 4) is 50.6 Å². The Balaban J connectivity index is 1.04. The average Bonchev–Trinajstić information content (AvgIpc) is 3.79. The van der Waals surface area contributed by atoms with E-state index < -0.39 is 0 Å². The van der Waals surface area contributed by atoms with E-state index in [0.717, 1.165) is 77.6 Å². The Morgan fingerprint density at radius 3 is 1.80 bits per heavy atom. The quantitative estimate of drug-likeness (QED) is 0.181. The van der Waals surface area contributed by atoms with E-state index in [1.165, 1.54) is 21.8 Å². The Morgan fingerprint density at radius 1 is 0.352 bits per heavy atom. The molecule has 11 aromatic rings. The molecular weight excluding hydrogens is 659 g/mol. The predicted octanol–water partition coefficient (Wildman–Crippen LogP) is 13.3. The maximum absolute atomic E-state index is 6.10. The van der Waals surface area contributed by atoms with Gasteiger partial charge in [-0.15, -0.1) is 0 Å². The lowest BCUT2D eigenvalue weighted by Crippen LogP contribution is -1.96. The molecule has 8 aromatic carbocycles. The second-order valence-corrected chi connectivity index (χ2v) is 13.8. The summed E-state index contributed by atoms with van der Waals surface area (Å²) in [5.74, 6) is 0.695. The minimum atomic E-state index is 0.695. The van der Waals surface area contributed by atoms with E-state index in [-0.39, 0.29) is 0 Å². The number of hydrogen-bond donors (Lipinski definition) is 0. The molecule has 0 saturated heterocycles. The average molecular weight is 690 g/mol. The van der Waals surface area contributed by atoms with Crippen LogP contribution in [-0.2, 0) is 0 Å². The van der Waals surface area contributed by atoms with Crippen molar-refractivity contribution in [2.24, 2.45) is 0 Å². The number of aromatic nitrogens is 3. The van der Waals surface area contributed by atoms with Gasteiger partial charge in [0.15, 0.2) is 5.82 Å². The van der Waals surface area contributed by atoms with Gasteiger partial charge in [-0.3, -0.25) is 0 Å². The van der Waals surface area contributed by atoms with Gasteiger partial charge in [-0.25, -0.2) is 9.97 Å². The molecule has 0 aliphatic rings. The lowest BCUT2D eigenvalue weighted by molar-refractivity contribution is 0.669. The number of rotatable bonds is 5. The molecule has 0 aliphatic heterocycles. The highest BCUT2D eigenvalue weighted by Gasteiger charge is 2.16. The molecule has 0 N–H and O–H groups in total. The molecule has 3 aromatic heterocycles. The molecule has 0 saturated carbocycles. The van der Waals surface area contributed by atoms with E-state index in [4.69, 9.17) is 14.4 Å². The van der Waals surface area contributed by atoms with Crippen molar-refractivity contribution in [1.29, 1.82) is 0 Å². The van der Waals surface area contributed by atoms with Gasteiger partial charge < -0.3 is 8.98 Å². The molecule has 252 valence electrons. The van der Waals surface area contributed by atoms with Crippen molar-refractivity contribution >= 4 is 54.6 Å². The number of furan rings is 1. The van der Waals surface area contributed by atoms with Gasteiger partial charge in [0.2, 0.25) is 0 Å². The van der Waals surface area contributed by atoms with Crippen LogP contribution in [0.25, 0.3) is 105 Å². The van der Waals surface area contributed by atoms with Gasteiger partial charge in [0.25, 0.3) is 0 Å². The molecule has 0 spiro atoms. The van der Waals surface area contributed by atoms with Gasteiger partial charge in [-0.05, 0) is 89.0 Å². The zero-order valence-electron chi connectivity index (χ0n) is 29.1. The standard InChI is InChI=1S/C50H31N3O/c1-3-12-32(13-4-1)49-43-31-34(35-23-26-46-41(29-35)39-18-7-9-20-45(39)53(46)38-16-5-2-6-17-38)22-25-44(43)51-50(52-49)37-15-11-14-33(28-37)36-24-27-48-42(30-36)40-19-8-10-21-47(40)54-48/h1-31H. The fraction of sp³-hybridized carbons (Fsp3) is 0. The first-order valence-corrected chi connectivity index (χ1v) is 18.2. The third kappa shape index (κ3) is 4.92. The van der Waals surface area contributed by atoms with E-state index in [0.29, 0.717) is 5.82 Å². The Kier molecular flexibility index (Phi) is 6.82. The van der Waals surface area contributed by atoms with Crippen LogP contribution in [-0.4, -0.2) is 14.5 Å². The number of para-hydroxylation sites is 3. The van der Waals surface area contributed by atoms with E-state index in [9.17, 15) is 0 Å². The molecular formula is C50H31N3O. The van der Waals surface area contributed by atoms with Crippen molar-refractivity contribution < 1.29 is 4.42 Å². The molecule has 0 radical (unpaired) electrons. The smallest absolute Gasteiger partial charge is 0.160 e. The second kappa shape index (κ2) is 12.1. The number of nitrogens with zero attached hydrogens (tertiary/aromatic N) is 3. The van der Waals surface area contributed by atoms with Crippen LogP contribution in [0.1, 0.15) is 0 Å². The third-order valence-corrected chi connectivity index (χ3v) is 10.6. The van der Waals surface area contributed by atoms with Gasteiger partial charge in [0.1, 0.15) is 11.2 Å². The summed E-state index contributed by atoms with van der Waals surface area (Å²) >= 11 is 0. The number of fused-ring (bicyclic) bond motifs is 7. The molecule has 0 atom stereocenters. The molecule has 0 amide bonds. The molecule has 0 unspecified atom stereocenters. The summed E-state index contributed by atoms with van der Waals surface area (Å²) in [5, 5.41) is 5.70. The normalized spacial score (nSPS) is 11.7. The van der Waals surface area contributed by atoms with E-state index in [1.807, 2.05) is 18.2 Å². The van der Waals surface area contributed by atoms with Crippen LogP contribution in [0.15, 0.2) is 192 Å². The van der Waals surface area contributed by atoms with Gasteiger partial charge in [0, 0.05) is 43.7 Å². The first kappa shape index (κ1) is 30.3. The van der Waals surface area contributed by atoms with Gasteiger partial charge >= 0.3 is 0 Å². The molecule has 0 aliphatic carbocycles. The van der Waals surface area contributed by atoms with Gasteiger partial charge in [-0.2, -0.15) is 0 Å². The van der Waals surface area contributed by atoms with Crippen LogP contribution >= 0.6 is 0 Å². The first-order chi connectivity index (χ1) is 26.7. The summed E-state index contributed by atoms with van der Waals surface area (Å²) in [6, 6.07) is 66.2. The summed E-state index contributed by atoms with van der Waals surface area (Å²) in [4.78, 5) is 10.5. The third-order valence-electron chi connectivity index (χ3n) is 10.6. The monoisotopic (exact) mass is 689 g/mol. The Morgan fingerprint density at radius 2 is 0.944 bits per heavy atom. The maximum Gasteiger partial charge on any atom is 0.160 e. The highest BCUT2D eigenvalue weighted by Crippen LogP contribution is 2.38. The SMILES string of the molecule is c1ccc(-c2nc(-c3cccc(-c4ccc5oc6ccccc6c5c4)c3)nc3ccc(-c4ccc5c(c4)c4ccccc4n5-c4ccccc4)cc23)cc1. The highest BCUT2D eigenvalue weighted by molar-refractivity contribution is 6.11. The van der Waals surface area contributed by atoms with E-state index in [1.54, 1.807) is 0 Å². The molecule has 0 bridgehead atoms. The van der Waals surface area contributed by atoms with Crippen molar-refractivity contribution in [3.05, 3.63) is 188 Å². The fourth-order valence-electron chi connectivity index (χ4n) is 8.00. The molecule has 4 nitrogen and oxygen atoms in total. The predicted molar refractivity (Wildman–Crippen MR) is 223 cm³/mol. The van der Waals surface area contributed by atoms with Crippen LogP contribution in [0.4, 0.5) is 0 Å². The lowest BCUT2D eigenvalue weighted by Gasteiger charge is -2.12. The summed E-state index contributed by atoms with van der Waals surface area (Å²) in [7, 11) is 0. The number of hydrogen-bond acceptors (Lipinski definition) is 3. The minimum absolute atomic E-state index is 0.695. The number of benzene rings is 8. The van der Waals surface area contributed by atoms with Crippen molar-refractivity contribution in [2.75, 3.05) is 0 Å². The van der Waals surface area contributed by atoms with Crippen LogP contribution in [0.3, 0.4) is 0 Å². The largest absolute Gasteiger partial charge is 0.456 e. The summed E-state index contributed by atoms with van der Waals surface area (Å²) < 4.78 is 8.45. The Labute approximate surface area is 311 Å². The molecule has 0 fully saturated rings.